The molecule has 182 valence electrons. The molecule has 4 aliphatic heterocycles. The molecule has 10 heteroatoms. The van der Waals surface area contributed by atoms with Gasteiger partial charge in [-0.3, -0.25) is 9.80 Å². The SMILES string of the molecule is COC(=O)N1c2c(OC)cccc2[C@@]23CCN4C[C@H]5O[C@H]5[C@]5(CC[C@]12[C@](O)(C(=O)OC)[C@@H]5O)[C@H]43. The molecular weight excluding hydrogens is 444 g/mol. The number of rotatable bonds is 2. The normalized spacial score (nSPS) is 46.8. The number of fused-ring (bicyclic) bond motifs is 4. The molecule has 1 aromatic rings. The Hall–Kier alpha value is -2.40. The molecule has 6 fully saturated rings. The number of hydrogen-bond acceptors (Lipinski definition) is 9. The van der Waals surface area contributed by atoms with Crippen molar-refractivity contribution >= 4 is 17.7 Å². The summed E-state index contributed by atoms with van der Waals surface area (Å²) in [5.41, 5.74) is -4.37. The van der Waals surface area contributed by atoms with E-state index in [1.807, 2.05) is 12.1 Å². The molecule has 2 bridgehead atoms. The van der Waals surface area contributed by atoms with Crippen molar-refractivity contribution in [1.82, 2.24) is 4.90 Å². The Kier molecular flexibility index (Phi) is 3.72. The van der Waals surface area contributed by atoms with Gasteiger partial charge in [0.15, 0.2) is 0 Å². The number of anilines is 1. The fourth-order valence-corrected chi connectivity index (χ4v) is 9.18. The first-order valence-corrected chi connectivity index (χ1v) is 11.7. The summed E-state index contributed by atoms with van der Waals surface area (Å²) in [6, 6.07) is 5.33. The summed E-state index contributed by atoms with van der Waals surface area (Å²) in [4.78, 5) is 30.8. The molecule has 8 atom stereocenters. The van der Waals surface area contributed by atoms with Crippen molar-refractivity contribution < 1.29 is 38.7 Å². The average Bonchev–Trinajstić information content (AvgIpc) is 3.47. The van der Waals surface area contributed by atoms with Gasteiger partial charge in [-0.1, -0.05) is 12.1 Å². The number of carbonyl (C=O) groups is 2. The highest BCUT2D eigenvalue weighted by atomic mass is 16.6. The van der Waals surface area contributed by atoms with Crippen LogP contribution in [0.4, 0.5) is 10.5 Å². The highest BCUT2D eigenvalue weighted by Crippen LogP contribution is 2.79. The van der Waals surface area contributed by atoms with E-state index in [2.05, 4.69) is 4.90 Å². The van der Waals surface area contributed by atoms with Crippen LogP contribution in [0.3, 0.4) is 0 Å². The minimum atomic E-state index is -2.40. The smallest absolute Gasteiger partial charge is 0.414 e. The maximum absolute atomic E-state index is 13.6. The Morgan fingerprint density at radius 1 is 1.15 bits per heavy atom. The molecular formula is C24H28N2O8. The second-order valence-electron chi connectivity index (χ2n) is 10.5. The summed E-state index contributed by atoms with van der Waals surface area (Å²) >= 11 is 0. The number of para-hydroxylation sites is 1. The third-order valence-electron chi connectivity index (χ3n) is 10.0. The van der Waals surface area contributed by atoms with Crippen molar-refractivity contribution in [3.05, 3.63) is 23.8 Å². The van der Waals surface area contributed by atoms with Crippen LogP contribution in [-0.4, -0.2) is 97.1 Å². The number of epoxide rings is 1. The van der Waals surface area contributed by atoms with Gasteiger partial charge in [0, 0.05) is 23.4 Å². The molecule has 34 heavy (non-hydrogen) atoms. The third kappa shape index (κ3) is 1.72. The van der Waals surface area contributed by atoms with Crippen LogP contribution in [0, 0.1) is 5.41 Å². The van der Waals surface area contributed by atoms with Gasteiger partial charge in [0.1, 0.15) is 17.4 Å². The molecule has 2 N–H and O–H groups in total. The predicted molar refractivity (Wildman–Crippen MR) is 116 cm³/mol. The Morgan fingerprint density at radius 3 is 2.65 bits per heavy atom. The molecule has 3 saturated carbocycles. The first-order chi connectivity index (χ1) is 16.3. The number of esters is 1. The molecule has 0 radical (unpaired) electrons. The van der Waals surface area contributed by atoms with Crippen LogP contribution in [-0.2, 0) is 24.4 Å². The lowest BCUT2D eigenvalue weighted by molar-refractivity contribution is -0.279. The van der Waals surface area contributed by atoms with Gasteiger partial charge >= 0.3 is 12.1 Å². The molecule has 4 heterocycles. The summed E-state index contributed by atoms with van der Waals surface area (Å²) < 4.78 is 22.2. The Bertz CT molecular complexity index is 1140. The molecule has 1 amide bonds. The highest BCUT2D eigenvalue weighted by Gasteiger charge is 2.93. The Morgan fingerprint density at radius 2 is 1.94 bits per heavy atom. The van der Waals surface area contributed by atoms with Crippen molar-refractivity contribution in [2.75, 3.05) is 39.3 Å². The van der Waals surface area contributed by atoms with Crippen LogP contribution in [0.1, 0.15) is 24.8 Å². The topological polar surface area (TPSA) is 121 Å². The Balaban J connectivity index is 1.64. The number of amides is 1. The summed E-state index contributed by atoms with van der Waals surface area (Å²) in [5, 5.41) is 24.5. The Labute approximate surface area is 196 Å². The molecule has 0 aromatic heterocycles. The number of nitrogens with zero attached hydrogens (tertiary/aromatic N) is 2. The zero-order chi connectivity index (χ0) is 23.8. The maximum atomic E-state index is 13.6. The van der Waals surface area contributed by atoms with Crippen molar-refractivity contribution in [2.45, 2.75) is 60.2 Å². The molecule has 3 spiro atoms. The van der Waals surface area contributed by atoms with Gasteiger partial charge in [0.05, 0.1) is 39.2 Å². The summed E-state index contributed by atoms with van der Waals surface area (Å²) in [6.07, 6.45) is -1.17. The standard InChI is InChI=1S/C24H28N2O8/c1-31-13-6-4-5-12-15(13)26(20(29)33-3)23-8-7-21(18(27)24(23,30)19(28)32-2)16-14(34-16)11-25-10-9-22(12,23)17(21)25/h4-6,14,16-18,27,30H,7-11H2,1-3H3/t14-,16-,17+,18-,21-,22-,23+,24-/m1/s1. The van der Waals surface area contributed by atoms with Crippen LogP contribution in [0.25, 0.3) is 0 Å². The van der Waals surface area contributed by atoms with Crippen LogP contribution >= 0.6 is 0 Å². The minimum Gasteiger partial charge on any atom is -0.495 e. The van der Waals surface area contributed by atoms with Crippen molar-refractivity contribution in [3.8, 4) is 5.75 Å². The van der Waals surface area contributed by atoms with Crippen LogP contribution in [0.5, 0.6) is 5.75 Å². The van der Waals surface area contributed by atoms with Gasteiger partial charge in [-0.15, -0.1) is 0 Å². The second-order valence-corrected chi connectivity index (χ2v) is 10.5. The van der Waals surface area contributed by atoms with E-state index in [1.54, 1.807) is 6.07 Å². The summed E-state index contributed by atoms with van der Waals surface area (Å²) in [6.45, 7) is 1.41. The molecule has 0 unspecified atom stereocenters. The van der Waals surface area contributed by atoms with E-state index in [9.17, 15) is 19.8 Å². The third-order valence-corrected chi connectivity index (χ3v) is 10.0. The van der Waals surface area contributed by atoms with E-state index in [0.717, 1.165) is 12.1 Å². The van der Waals surface area contributed by atoms with Crippen molar-refractivity contribution in [2.24, 2.45) is 5.41 Å². The number of methoxy groups -OCH3 is 3. The molecule has 3 aliphatic carbocycles. The zero-order valence-corrected chi connectivity index (χ0v) is 19.3. The fourth-order valence-electron chi connectivity index (χ4n) is 9.18. The molecule has 7 aliphatic rings. The van der Waals surface area contributed by atoms with E-state index >= 15 is 0 Å². The number of ether oxygens (including phenoxy) is 4. The van der Waals surface area contributed by atoms with Crippen LogP contribution in [0.15, 0.2) is 18.2 Å². The number of piperidine rings is 1. The van der Waals surface area contributed by atoms with E-state index in [1.165, 1.54) is 26.2 Å². The van der Waals surface area contributed by atoms with E-state index in [4.69, 9.17) is 18.9 Å². The second kappa shape index (κ2) is 6.04. The highest BCUT2D eigenvalue weighted by molar-refractivity contribution is 6.01. The average molecular weight is 472 g/mol. The molecule has 10 nitrogen and oxygen atoms in total. The monoisotopic (exact) mass is 472 g/mol. The predicted octanol–water partition coefficient (Wildman–Crippen LogP) is 0.172. The first-order valence-electron chi connectivity index (χ1n) is 11.7. The van der Waals surface area contributed by atoms with Gasteiger partial charge in [-0.25, -0.2) is 9.59 Å². The van der Waals surface area contributed by atoms with Gasteiger partial charge in [-0.05, 0) is 37.4 Å². The summed E-state index contributed by atoms with van der Waals surface area (Å²) in [5.74, 6) is -0.520. The lowest BCUT2D eigenvalue weighted by Crippen LogP contribution is -2.92. The van der Waals surface area contributed by atoms with Gasteiger partial charge < -0.3 is 29.2 Å². The largest absolute Gasteiger partial charge is 0.495 e. The lowest BCUT2D eigenvalue weighted by atomic mass is 9.36. The molecule has 1 aromatic carbocycles. The number of hydrogen-bond donors (Lipinski definition) is 2. The van der Waals surface area contributed by atoms with Crippen LogP contribution in [0.2, 0.25) is 0 Å². The number of aliphatic hydroxyl groups excluding tert-OH is 1. The van der Waals surface area contributed by atoms with Crippen molar-refractivity contribution in [3.63, 3.8) is 0 Å². The number of benzene rings is 1. The maximum Gasteiger partial charge on any atom is 0.414 e. The van der Waals surface area contributed by atoms with Gasteiger partial charge in [-0.2, -0.15) is 0 Å². The van der Waals surface area contributed by atoms with E-state index in [0.29, 0.717) is 30.8 Å². The fraction of sp³-hybridized carbons (Fsp3) is 0.667. The quantitative estimate of drug-likeness (QED) is 0.458. The number of carbonyl (C=O) groups excluding carboxylic acids is 2. The van der Waals surface area contributed by atoms with Gasteiger partial charge in [0.2, 0.25) is 5.60 Å². The van der Waals surface area contributed by atoms with E-state index < -0.39 is 40.1 Å². The van der Waals surface area contributed by atoms with Crippen molar-refractivity contribution in [1.29, 1.82) is 0 Å². The zero-order valence-electron chi connectivity index (χ0n) is 19.3. The minimum absolute atomic E-state index is 0.0450. The van der Waals surface area contributed by atoms with Crippen LogP contribution < -0.4 is 9.64 Å². The first kappa shape index (κ1) is 20.9. The van der Waals surface area contributed by atoms with E-state index in [-0.39, 0.29) is 24.7 Å². The molecule has 8 rings (SSSR count). The number of aliphatic hydroxyl groups is 2. The summed E-state index contributed by atoms with van der Waals surface area (Å²) in [7, 11) is 3.98. The lowest BCUT2D eigenvalue weighted by Gasteiger charge is -2.72. The van der Waals surface area contributed by atoms with Gasteiger partial charge in [0.25, 0.3) is 0 Å². The molecule has 3 saturated heterocycles.